The third-order valence-electron chi connectivity index (χ3n) is 3.76. The summed E-state index contributed by atoms with van der Waals surface area (Å²) in [5.74, 6) is 4.64. The van der Waals surface area contributed by atoms with Gasteiger partial charge in [0.2, 0.25) is 5.88 Å². The number of ether oxygens (including phenoxy) is 1. The van der Waals surface area contributed by atoms with Gasteiger partial charge >= 0.3 is 0 Å². The van der Waals surface area contributed by atoms with Gasteiger partial charge in [-0.05, 0) is 43.9 Å². The Hall–Kier alpha value is -2.89. The molecule has 8 N–H and O–H groups in total. The molecule has 0 unspecified atom stereocenters. The van der Waals surface area contributed by atoms with Crippen LogP contribution in [-0.2, 0) is 9.63 Å². The highest BCUT2D eigenvalue weighted by molar-refractivity contribution is 6.31. The van der Waals surface area contributed by atoms with Gasteiger partial charge in [0.1, 0.15) is 11.8 Å². The van der Waals surface area contributed by atoms with Crippen LogP contribution in [0.25, 0.3) is 0 Å². The second-order valence-electron chi connectivity index (χ2n) is 5.80. The maximum absolute atomic E-state index is 10.3. The van der Waals surface area contributed by atoms with Crippen LogP contribution in [0.1, 0.15) is 51.5 Å². The van der Waals surface area contributed by atoms with Gasteiger partial charge < -0.3 is 26.8 Å². The number of carbonyl (C=O) groups excluding carboxylic acids is 1. The zero-order chi connectivity index (χ0) is 22.2. The van der Waals surface area contributed by atoms with Crippen LogP contribution in [0.15, 0.2) is 41.9 Å². The zero-order valence-electron chi connectivity index (χ0n) is 16.9. The first-order chi connectivity index (χ1) is 13.9. The maximum atomic E-state index is 10.3. The Labute approximate surface area is 177 Å². The number of amides is 1. The molecule has 29 heavy (non-hydrogen) atoms. The SMILES string of the molecule is CC.N#Cc1ccc(OC2CCCCC2)cc1Cl.NO/C(N)=C/C=C(\N)C(N)=O. The van der Waals surface area contributed by atoms with Crippen molar-refractivity contribution in [2.24, 2.45) is 23.1 Å². The molecule has 1 aromatic rings. The number of allylic oxidation sites excluding steroid dienone is 2. The number of nitriles is 1. The minimum Gasteiger partial charge on any atom is -0.490 e. The number of hydrogen-bond acceptors (Lipinski definition) is 7. The molecule has 1 saturated carbocycles. The number of hydrogen-bond donors (Lipinski definition) is 4. The van der Waals surface area contributed by atoms with Crippen LogP contribution in [0, 0.1) is 11.3 Å². The van der Waals surface area contributed by atoms with Crippen molar-refractivity contribution in [3.8, 4) is 11.8 Å². The molecule has 0 radical (unpaired) electrons. The van der Waals surface area contributed by atoms with Gasteiger partial charge in [0, 0.05) is 12.1 Å². The van der Waals surface area contributed by atoms with Crippen molar-refractivity contribution in [1.82, 2.24) is 0 Å². The normalized spacial score (nSPS) is 14.3. The molecule has 0 bridgehead atoms. The predicted molar refractivity (Wildman–Crippen MR) is 114 cm³/mol. The number of rotatable bonds is 5. The third-order valence-corrected chi connectivity index (χ3v) is 4.08. The van der Waals surface area contributed by atoms with Crippen LogP contribution in [0.2, 0.25) is 5.02 Å². The molecule has 0 atom stereocenters. The van der Waals surface area contributed by atoms with E-state index in [1.807, 2.05) is 26.0 Å². The van der Waals surface area contributed by atoms with Crippen LogP contribution >= 0.6 is 11.6 Å². The van der Waals surface area contributed by atoms with Crippen LogP contribution in [0.5, 0.6) is 5.75 Å². The molecular formula is C20H30ClN5O3. The Kier molecular flexibility index (Phi) is 13.6. The number of halogens is 1. The standard InChI is InChI=1S/C13H14ClNO.C5H10N4O2.C2H6/c14-13-8-12(7-6-10(13)9-15)16-11-4-2-1-3-5-11;6-3(5(8)10)1-2-4(7)11-9;1-2/h6-8,11H,1-5H2;1-2H,6-7,9H2,(H2,8,10);1-2H3/b;3-1-,4-2+;. The number of nitrogens with zero attached hydrogens (tertiary/aromatic N) is 1. The van der Waals surface area contributed by atoms with Crippen molar-refractivity contribution in [2.45, 2.75) is 52.1 Å². The van der Waals surface area contributed by atoms with E-state index in [1.165, 1.54) is 31.4 Å². The van der Waals surface area contributed by atoms with Gasteiger partial charge in [-0.1, -0.05) is 31.9 Å². The largest absolute Gasteiger partial charge is 0.490 e. The van der Waals surface area contributed by atoms with Crippen LogP contribution in [0.3, 0.4) is 0 Å². The lowest BCUT2D eigenvalue weighted by molar-refractivity contribution is -0.114. The Morgan fingerprint density at radius 1 is 1.17 bits per heavy atom. The molecule has 1 aliphatic carbocycles. The lowest BCUT2D eigenvalue weighted by Crippen LogP contribution is -2.19. The molecule has 160 valence electrons. The maximum Gasteiger partial charge on any atom is 0.264 e. The van der Waals surface area contributed by atoms with Crippen LogP contribution < -0.4 is 27.8 Å². The highest BCUT2D eigenvalue weighted by Crippen LogP contribution is 2.26. The van der Waals surface area contributed by atoms with Crippen molar-refractivity contribution < 1.29 is 14.4 Å². The van der Waals surface area contributed by atoms with E-state index in [0.29, 0.717) is 16.7 Å². The van der Waals surface area contributed by atoms with Gasteiger partial charge in [-0.15, -0.1) is 0 Å². The fourth-order valence-electron chi connectivity index (χ4n) is 2.33. The summed E-state index contributed by atoms with van der Waals surface area (Å²) in [6.45, 7) is 4.00. The van der Waals surface area contributed by atoms with E-state index in [-0.39, 0.29) is 11.6 Å². The summed E-state index contributed by atoms with van der Waals surface area (Å²) in [4.78, 5) is 14.4. The van der Waals surface area contributed by atoms with E-state index in [1.54, 1.807) is 12.1 Å². The van der Waals surface area contributed by atoms with E-state index in [9.17, 15) is 4.79 Å². The van der Waals surface area contributed by atoms with E-state index in [0.717, 1.165) is 18.6 Å². The molecule has 8 nitrogen and oxygen atoms in total. The van der Waals surface area contributed by atoms with Crippen LogP contribution in [-0.4, -0.2) is 12.0 Å². The number of benzene rings is 1. The summed E-state index contributed by atoms with van der Waals surface area (Å²) in [6, 6.07) is 7.30. The van der Waals surface area contributed by atoms with Crippen molar-refractivity contribution >= 4 is 17.5 Å². The lowest BCUT2D eigenvalue weighted by Gasteiger charge is -2.23. The molecule has 0 aliphatic heterocycles. The Morgan fingerprint density at radius 2 is 1.79 bits per heavy atom. The summed E-state index contributed by atoms with van der Waals surface area (Å²) in [6.07, 6.45) is 8.79. The second kappa shape index (κ2) is 15.1. The minimum absolute atomic E-state index is 0.0609. The van der Waals surface area contributed by atoms with Crippen molar-refractivity contribution in [3.05, 3.63) is 52.5 Å². The van der Waals surface area contributed by atoms with Crippen molar-refractivity contribution in [3.63, 3.8) is 0 Å². The fraction of sp³-hybridized carbons (Fsp3) is 0.400. The van der Waals surface area contributed by atoms with Crippen molar-refractivity contribution in [2.75, 3.05) is 0 Å². The fourth-order valence-corrected chi connectivity index (χ4v) is 2.54. The Bertz CT molecular complexity index is 738. The molecule has 1 aliphatic rings. The Balaban J connectivity index is 0.000000532. The minimum atomic E-state index is -0.730. The summed E-state index contributed by atoms with van der Waals surface area (Å²) < 4.78 is 5.84. The summed E-state index contributed by atoms with van der Waals surface area (Å²) in [5.41, 5.74) is 15.4. The van der Waals surface area contributed by atoms with Gasteiger partial charge in [-0.25, -0.2) is 0 Å². The summed E-state index contributed by atoms with van der Waals surface area (Å²) in [7, 11) is 0. The molecular weight excluding hydrogens is 394 g/mol. The first-order valence-corrected chi connectivity index (χ1v) is 9.71. The molecule has 2 rings (SSSR count). The molecule has 0 spiro atoms. The number of nitrogens with two attached hydrogens (primary N) is 4. The van der Waals surface area contributed by atoms with Gasteiger partial charge in [-0.3, -0.25) is 4.79 Å². The average Bonchev–Trinajstić information content (AvgIpc) is 2.74. The van der Waals surface area contributed by atoms with Crippen LogP contribution in [0.4, 0.5) is 0 Å². The third kappa shape index (κ3) is 10.9. The van der Waals surface area contributed by atoms with Gasteiger partial charge in [-0.2, -0.15) is 11.2 Å². The van der Waals surface area contributed by atoms with E-state index < -0.39 is 5.91 Å². The smallest absolute Gasteiger partial charge is 0.264 e. The molecule has 1 amide bonds. The van der Waals surface area contributed by atoms with E-state index >= 15 is 0 Å². The molecule has 9 heteroatoms. The number of primary amides is 1. The summed E-state index contributed by atoms with van der Waals surface area (Å²) in [5, 5.41) is 9.22. The quantitative estimate of drug-likeness (QED) is 0.244. The van der Waals surface area contributed by atoms with Gasteiger partial charge in [0.15, 0.2) is 0 Å². The molecule has 0 saturated heterocycles. The highest BCUT2D eigenvalue weighted by atomic mass is 35.5. The zero-order valence-corrected chi connectivity index (χ0v) is 17.6. The highest BCUT2D eigenvalue weighted by Gasteiger charge is 2.15. The second-order valence-corrected chi connectivity index (χ2v) is 6.21. The van der Waals surface area contributed by atoms with E-state index in [4.69, 9.17) is 38.8 Å². The monoisotopic (exact) mass is 423 g/mol. The van der Waals surface area contributed by atoms with Gasteiger partial charge in [0.05, 0.1) is 22.4 Å². The Morgan fingerprint density at radius 3 is 2.28 bits per heavy atom. The lowest BCUT2D eigenvalue weighted by atomic mass is 9.98. The summed E-state index contributed by atoms with van der Waals surface area (Å²) >= 11 is 5.94. The molecule has 1 aromatic carbocycles. The molecule has 0 aromatic heterocycles. The van der Waals surface area contributed by atoms with Gasteiger partial charge in [0.25, 0.3) is 5.91 Å². The molecule has 1 fully saturated rings. The first-order valence-electron chi connectivity index (χ1n) is 9.33. The van der Waals surface area contributed by atoms with E-state index in [2.05, 4.69) is 10.7 Å². The number of carbonyl (C=O) groups is 1. The average molecular weight is 424 g/mol. The first kappa shape index (κ1) is 26.1. The topological polar surface area (TPSA) is 163 Å². The molecule has 0 heterocycles. The van der Waals surface area contributed by atoms with Crippen molar-refractivity contribution in [1.29, 1.82) is 5.26 Å². The predicted octanol–water partition coefficient (Wildman–Crippen LogP) is 2.95.